The van der Waals surface area contributed by atoms with E-state index >= 15 is 0 Å². The van der Waals surface area contributed by atoms with Crippen LogP contribution in [0.25, 0.3) is 0 Å². The third kappa shape index (κ3) is 5.05. The maximum atomic E-state index is 13.4. The van der Waals surface area contributed by atoms with Gasteiger partial charge in [0.15, 0.2) is 0 Å². The summed E-state index contributed by atoms with van der Waals surface area (Å²) in [6.45, 7) is 2.37. The lowest BCUT2D eigenvalue weighted by Gasteiger charge is -2.27. The highest BCUT2D eigenvalue weighted by atomic mass is 32.1. The second-order valence-corrected chi connectivity index (χ2v) is 5.23. The second kappa shape index (κ2) is 6.49. The maximum absolute atomic E-state index is 13.4. The van der Waals surface area contributed by atoms with Crippen molar-refractivity contribution in [3.63, 3.8) is 0 Å². The van der Waals surface area contributed by atoms with E-state index < -0.39 is 18.5 Å². The number of hydrogen-bond acceptors (Lipinski definition) is 2. The van der Waals surface area contributed by atoms with Gasteiger partial charge in [0.2, 0.25) is 0 Å². The number of rotatable bonds is 5. The number of halogens is 4. The van der Waals surface area contributed by atoms with Gasteiger partial charge in [-0.25, -0.2) is 4.39 Å². The Balaban J connectivity index is 2.94. The summed E-state index contributed by atoms with van der Waals surface area (Å²) in [6.07, 6.45) is -4.28. The van der Waals surface area contributed by atoms with Crippen LogP contribution in [0, 0.1) is 5.82 Å². The fourth-order valence-corrected chi connectivity index (χ4v) is 1.90. The van der Waals surface area contributed by atoms with E-state index in [1.165, 1.54) is 17.0 Å². The molecule has 2 nitrogen and oxygen atoms in total. The molecule has 1 rings (SSSR count). The largest absolute Gasteiger partial charge is 0.401 e. The van der Waals surface area contributed by atoms with Crippen LogP contribution in [0.4, 0.5) is 17.6 Å². The van der Waals surface area contributed by atoms with Gasteiger partial charge < -0.3 is 5.73 Å². The average molecular weight is 308 g/mol. The number of benzene rings is 1. The number of nitrogens with zero attached hydrogens (tertiary/aromatic N) is 1. The van der Waals surface area contributed by atoms with Gasteiger partial charge in [0.1, 0.15) is 10.8 Å². The lowest BCUT2D eigenvalue weighted by atomic mass is 10.1. The van der Waals surface area contributed by atoms with Crippen molar-refractivity contribution in [2.75, 3.05) is 6.54 Å². The summed E-state index contributed by atoms with van der Waals surface area (Å²) in [5.74, 6) is -0.576. The van der Waals surface area contributed by atoms with Gasteiger partial charge in [0.05, 0.1) is 6.54 Å². The molecule has 0 aliphatic carbocycles. The Morgan fingerprint density at radius 3 is 2.40 bits per heavy atom. The summed E-state index contributed by atoms with van der Waals surface area (Å²) in [4.78, 5) is 1.13. The normalized spacial score (nSPS) is 12.2. The second-order valence-electron chi connectivity index (χ2n) is 4.79. The summed E-state index contributed by atoms with van der Waals surface area (Å²) in [7, 11) is 0. The molecule has 0 amide bonds. The highest BCUT2D eigenvalue weighted by Crippen LogP contribution is 2.20. The van der Waals surface area contributed by atoms with Crippen molar-refractivity contribution in [1.82, 2.24) is 4.90 Å². The molecule has 0 radical (unpaired) electrons. The fraction of sp³-hybridized carbons (Fsp3) is 0.462. The molecule has 1 aromatic rings. The minimum absolute atomic E-state index is 0.0487. The van der Waals surface area contributed by atoms with Gasteiger partial charge in [-0.2, -0.15) is 13.2 Å². The van der Waals surface area contributed by atoms with Gasteiger partial charge in [0.25, 0.3) is 0 Å². The lowest BCUT2D eigenvalue weighted by molar-refractivity contribution is -0.150. The van der Waals surface area contributed by atoms with Crippen molar-refractivity contribution in [3.8, 4) is 0 Å². The Labute approximate surface area is 120 Å². The predicted octanol–water partition coefficient (Wildman–Crippen LogP) is 3.23. The van der Waals surface area contributed by atoms with E-state index in [2.05, 4.69) is 0 Å². The quantitative estimate of drug-likeness (QED) is 0.669. The standard InChI is InChI=1S/C13H16F4N2S/c1-8(2)19(7-13(15,16)17)6-9-3-4-11(14)10(5-9)12(18)20/h3-5,8H,6-7H2,1-2H3,(H2,18,20). The van der Waals surface area contributed by atoms with Gasteiger partial charge >= 0.3 is 6.18 Å². The van der Waals surface area contributed by atoms with E-state index in [0.717, 1.165) is 6.07 Å². The molecule has 0 aliphatic rings. The molecule has 0 saturated carbocycles. The summed E-state index contributed by atoms with van der Waals surface area (Å²) in [5.41, 5.74) is 5.96. The molecule has 0 unspecified atom stereocenters. The first kappa shape index (κ1) is 16.8. The van der Waals surface area contributed by atoms with Gasteiger partial charge in [-0.1, -0.05) is 18.3 Å². The molecule has 0 bridgehead atoms. The van der Waals surface area contributed by atoms with Crippen LogP contribution in [0.15, 0.2) is 18.2 Å². The highest BCUT2D eigenvalue weighted by molar-refractivity contribution is 7.80. The van der Waals surface area contributed by atoms with Crippen LogP contribution >= 0.6 is 12.2 Å². The molecule has 0 spiro atoms. The Bertz CT molecular complexity index is 486. The van der Waals surface area contributed by atoms with E-state index in [1.807, 2.05) is 0 Å². The molecule has 2 N–H and O–H groups in total. The molecule has 0 saturated heterocycles. The van der Waals surface area contributed by atoms with Gasteiger partial charge in [-0.15, -0.1) is 0 Å². The summed E-state index contributed by atoms with van der Waals surface area (Å²) in [5, 5.41) is 0. The molecular formula is C13H16F4N2S. The first-order valence-corrected chi connectivity index (χ1v) is 6.40. The minimum atomic E-state index is -4.28. The molecule has 0 aliphatic heterocycles. The zero-order chi connectivity index (χ0) is 15.5. The maximum Gasteiger partial charge on any atom is 0.401 e. The van der Waals surface area contributed by atoms with E-state index in [4.69, 9.17) is 18.0 Å². The van der Waals surface area contributed by atoms with Crippen LogP contribution in [-0.2, 0) is 6.54 Å². The minimum Gasteiger partial charge on any atom is -0.389 e. The summed E-state index contributed by atoms with van der Waals surface area (Å²) >= 11 is 4.71. The topological polar surface area (TPSA) is 29.3 Å². The summed E-state index contributed by atoms with van der Waals surface area (Å²) < 4.78 is 50.9. The number of hydrogen-bond donors (Lipinski definition) is 1. The van der Waals surface area contributed by atoms with Crippen molar-refractivity contribution >= 4 is 17.2 Å². The Kier molecular flexibility index (Phi) is 5.47. The molecule has 0 heterocycles. The highest BCUT2D eigenvalue weighted by Gasteiger charge is 2.31. The Hall–Kier alpha value is -1.21. The molecule has 1 aromatic carbocycles. The fourth-order valence-electron chi connectivity index (χ4n) is 1.75. The van der Waals surface area contributed by atoms with Crippen molar-refractivity contribution in [2.45, 2.75) is 32.6 Å². The van der Waals surface area contributed by atoms with Crippen molar-refractivity contribution in [1.29, 1.82) is 0 Å². The van der Waals surface area contributed by atoms with Crippen LogP contribution in [0.3, 0.4) is 0 Å². The average Bonchev–Trinajstić information content (AvgIpc) is 2.28. The molecule has 0 fully saturated rings. The molecule has 112 valence electrons. The van der Waals surface area contributed by atoms with E-state index in [0.29, 0.717) is 5.56 Å². The van der Waals surface area contributed by atoms with Crippen molar-refractivity contribution in [2.24, 2.45) is 5.73 Å². The Morgan fingerprint density at radius 1 is 1.35 bits per heavy atom. The van der Waals surface area contributed by atoms with Gasteiger partial charge in [0, 0.05) is 18.2 Å². The number of alkyl halides is 3. The third-order valence-electron chi connectivity index (χ3n) is 2.79. The zero-order valence-corrected chi connectivity index (χ0v) is 12.0. The third-order valence-corrected chi connectivity index (χ3v) is 3.01. The first-order chi connectivity index (χ1) is 9.10. The lowest BCUT2D eigenvalue weighted by Crippen LogP contribution is -2.38. The van der Waals surface area contributed by atoms with Crippen molar-refractivity contribution in [3.05, 3.63) is 35.1 Å². The number of thiocarbonyl (C=S) groups is 1. The van der Waals surface area contributed by atoms with Crippen LogP contribution in [0.5, 0.6) is 0 Å². The van der Waals surface area contributed by atoms with E-state index in [-0.39, 0.29) is 23.1 Å². The van der Waals surface area contributed by atoms with Crippen LogP contribution in [-0.4, -0.2) is 28.7 Å². The van der Waals surface area contributed by atoms with Gasteiger partial charge in [-0.05, 0) is 31.5 Å². The SMILES string of the molecule is CC(C)N(Cc1ccc(F)c(C(N)=S)c1)CC(F)(F)F. The molecule has 0 atom stereocenters. The monoisotopic (exact) mass is 308 g/mol. The van der Waals surface area contributed by atoms with E-state index in [1.54, 1.807) is 13.8 Å². The molecular weight excluding hydrogens is 292 g/mol. The van der Waals surface area contributed by atoms with Crippen LogP contribution < -0.4 is 5.73 Å². The van der Waals surface area contributed by atoms with Crippen molar-refractivity contribution < 1.29 is 17.6 Å². The van der Waals surface area contributed by atoms with E-state index in [9.17, 15) is 17.6 Å². The Morgan fingerprint density at radius 2 is 1.95 bits per heavy atom. The zero-order valence-electron chi connectivity index (χ0n) is 11.2. The molecule has 0 aromatic heterocycles. The number of nitrogens with two attached hydrogens (primary N) is 1. The summed E-state index contributed by atoms with van der Waals surface area (Å²) in [6, 6.07) is 3.69. The smallest absolute Gasteiger partial charge is 0.389 e. The molecule has 20 heavy (non-hydrogen) atoms. The van der Waals surface area contributed by atoms with Gasteiger partial charge in [-0.3, -0.25) is 4.90 Å². The first-order valence-electron chi connectivity index (χ1n) is 5.99. The van der Waals surface area contributed by atoms with Crippen LogP contribution in [0.1, 0.15) is 25.0 Å². The predicted molar refractivity (Wildman–Crippen MR) is 73.9 cm³/mol. The molecule has 7 heteroatoms. The van der Waals surface area contributed by atoms with Crippen LogP contribution in [0.2, 0.25) is 0 Å².